The van der Waals surface area contributed by atoms with Crippen LogP contribution in [0.1, 0.15) is 25.7 Å². The Bertz CT molecular complexity index is 1470. The third kappa shape index (κ3) is 5.63. The number of benzene rings is 2. The SMILES string of the molecule is COP(OC)c1ccccc1Nc1nc(Nc2ccc(N3CCC(N(C)C4CC4)CC3)c(F)c2)nc2[nH]ccc12. The molecule has 0 radical (unpaired) electrons. The third-order valence-electron chi connectivity index (χ3n) is 7.81. The Hall–Kier alpha value is -3.30. The number of hydrogen-bond donors (Lipinski definition) is 3. The largest absolute Gasteiger partial charge is 0.369 e. The van der Waals surface area contributed by atoms with Crippen LogP contribution >= 0.6 is 8.38 Å². The van der Waals surface area contributed by atoms with E-state index in [1.807, 2.05) is 48.7 Å². The Morgan fingerprint density at radius 2 is 1.73 bits per heavy atom. The van der Waals surface area contributed by atoms with Crippen molar-refractivity contribution in [3.05, 3.63) is 60.5 Å². The van der Waals surface area contributed by atoms with E-state index >= 15 is 4.39 Å². The van der Waals surface area contributed by atoms with Crippen LogP contribution in [0.3, 0.4) is 0 Å². The molecule has 3 N–H and O–H groups in total. The lowest BCUT2D eigenvalue weighted by atomic mass is 10.0. The van der Waals surface area contributed by atoms with E-state index in [1.165, 1.54) is 18.9 Å². The van der Waals surface area contributed by atoms with Gasteiger partial charge in [0.05, 0.1) is 22.1 Å². The number of para-hydroxylation sites is 1. The second kappa shape index (κ2) is 11.7. The Morgan fingerprint density at radius 3 is 2.45 bits per heavy atom. The molecule has 3 heterocycles. The lowest BCUT2D eigenvalue weighted by Crippen LogP contribution is -2.44. The van der Waals surface area contributed by atoms with Gasteiger partial charge in [0.2, 0.25) is 14.3 Å². The molecule has 40 heavy (non-hydrogen) atoms. The van der Waals surface area contributed by atoms with Gasteiger partial charge in [-0.15, -0.1) is 0 Å². The molecule has 2 aliphatic rings. The predicted molar refractivity (Wildman–Crippen MR) is 160 cm³/mol. The Labute approximate surface area is 235 Å². The van der Waals surface area contributed by atoms with E-state index < -0.39 is 8.38 Å². The van der Waals surface area contributed by atoms with E-state index in [-0.39, 0.29) is 5.82 Å². The van der Waals surface area contributed by atoms with E-state index in [0.717, 1.165) is 48.4 Å². The second-order valence-electron chi connectivity index (χ2n) is 10.3. The molecular formula is C29H35FN7O2P. The first kappa shape index (κ1) is 26.9. The Morgan fingerprint density at radius 1 is 0.975 bits per heavy atom. The fourth-order valence-electron chi connectivity index (χ4n) is 5.49. The average molecular weight is 564 g/mol. The van der Waals surface area contributed by atoms with Crippen LogP contribution in [-0.4, -0.2) is 66.3 Å². The highest BCUT2D eigenvalue weighted by Gasteiger charge is 2.33. The van der Waals surface area contributed by atoms with Crippen molar-refractivity contribution in [3.63, 3.8) is 0 Å². The van der Waals surface area contributed by atoms with Crippen molar-refractivity contribution in [1.82, 2.24) is 19.9 Å². The highest BCUT2D eigenvalue weighted by Crippen LogP contribution is 2.39. The third-order valence-corrected chi connectivity index (χ3v) is 9.26. The van der Waals surface area contributed by atoms with Gasteiger partial charge in [0.1, 0.15) is 17.3 Å². The molecule has 1 aliphatic heterocycles. The molecule has 0 atom stereocenters. The van der Waals surface area contributed by atoms with Gasteiger partial charge in [0, 0.05) is 51.3 Å². The maximum atomic E-state index is 15.3. The van der Waals surface area contributed by atoms with Crippen LogP contribution in [0, 0.1) is 5.82 Å². The summed E-state index contributed by atoms with van der Waals surface area (Å²) in [6, 6.07) is 16.3. The van der Waals surface area contributed by atoms with Crippen molar-refractivity contribution < 1.29 is 13.4 Å². The molecule has 2 aromatic heterocycles. The van der Waals surface area contributed by atoms with Crippen molar-refractivity contribution in [2.45, 2.75) is 37.8 Å². The molecular weight excluding hydrogens is 528 g/mol. The molecule has 0 amide bonds. The second-order valence-corrected chi connectivity index (χ2v) is 12.0. The van der Waals surface area contributed by atoms with Crippen molar-refractivity contribution in [2.24, 2.45) is 0 Å². The molecule has 210 valence electrons. The molecule has 0 unspecified atom stereocenters. The first-order chi connectivity index (χ1) is 19.5. The lowest BCUT2D eigenvalue weighted by Gasteiger charge is -2.38. The lowest BCUT2D eigenvalue weighted by molar-refractivity contribution is 0.199. The Balaban J connectivity index is 1.19. The summed E-state index contributed by atoms with van der Waals surface area (Å²) in [6.07, 6.45) is 6.57. The van der Waals surface area contributed by atoms with Crippen molar-refractivity contribution in [1.29, 1.82) is 0 Å². The number of anilines is 5. The summed E-state index contributed by atoms with van der Waals surface area (Å²) in [4.78, 5) is 17.2. The smallest absolute Gasteiger partial charge is 0.231 e. The number of rotatable bonds is 10. The summed E-state index contributed by atoms with van der Waals surface area (Å²) < 4.78 is 26.4. The van der Waals surface area contributed by atoms with Crippen LogP contribution in [0.15, 0.2) is 54.7 Å². The van der Waals surface area contributed by atoms with Crippen LogP contribution in [0.2, 0.25) is 0 Å². The highest BCUT2D eigenvalue weighted by molar-refractivity contribution is 7.56. The summed E-state index contributed by atoms with van der Waals surface area (Å²) in [5.41, 5.74) is 2.72. The molecule has 11 heteroatoms. The maximum Gasteiger partial charge on any atom is 0.231 e. The van der Waals surface area contributed by atoms with E-state index in [2.05, 4.69) is 37.4 Å². The summed E-state index contributed by atoms with van der Waals surface area (Å²) >= 11 is 0. The molecule has 2 fully saturated rings. The standard InChI is InChI=1S/C29H35FN7O2P/c1-36(20-9-10-20)21-13-16-37(17-14-21)25-11-8-19(18-23(25)30)32-29-34-27-22(12-15-31-27)28(35-29)33-24-6-4-5-7-26(24)40(38-2)39-3/h4-8,11-12,15,18,20-21H,9-10,13-14,16-17H2,1-3H3,(H3,31,32,33,34,35). The van der Waals surface area contributed by atoms with Crippen LogP contribution in [0.4, 0.5) is 33.2 Å². The van der Waals surface area contributed by atoms with Gasteiger partial charge in [-0.05, 0) is 69.1 Å². The molecule has 1 aliphatic carbocycles. The quantitative estimate of drug-likeness (QED) is 0.206. The molecule has 1 saturated heterocycles. The minimum Gasteiger partial charge on any atom is -0.369 e. The average Bonchev–Trinajstić information content (AvgIpc) is 3.71. The summed E-state index contributed by atoms with van der Waals surface area (Å²) in [5, 5.41) is 8.35. The van der Waals surface area contributed by atoms with Gasteiger partial charge in [-0.25, -0.2) is 4.39 Å². The molecule has 6 rings (SSSR count). The van der Waals surface area contributed by atoms with Gasteiger partial charge >= 0.3 is 0 Å². The molecule has 1 saturated carbocycles. The van der Waals surface area contributed by atoms with Crippen molar-refractivity contribution in [3.8, 4) is 0 Å². The minimum absolute atomic E-state index is 0.250. The van der Waals surface area contributed by atoms with E-state index in [0.29, 0.717) is 34.8 Å². The van der Waals surface area contributed by atoms with Gasteiger partial charge in [-0.2, -0.15) is 9.97 Å². The summed E-state index contributed by atoms with van der Waals surface area (Å²) in [5.74, 6) is 0.714. The first-order valence-electron chi connectivity index (χ1n) is 13.7. The van der Waals surface area contributed by atoms with Crippen LogP contribution in [0.5, 0.6) is 0 Å². The minimum atomic E-state index is -1.24. The molecule has 0 spiro atoms. The number of hydrogen-bond acceptors (Lipinski definition) is 8. The number of aromatic nitrogens is 3. The fraction of sp³-hybridized carbons (Fsp3) is 0.379. The van der Waals surface area contributed by atoms with E-state index in [4.69, 9.17) is 14.0 Å². The number of nitrogens with zero attached hydrogens (tertiary/aromatic N) is 4. The Kier molecular flexibility index (Phi) is 7.85. The van der Waals surface area contributed by atoms with Gasteiger partial charge < -0.3 is 34.5 Å². The topological polar surface area (TPSA) is 90.6 Å². The monoisotopic (exact) mass is 563 g/mol. The van der Waals surface area contributed by atoms with Crippen LogP contribution < -0.4 is 20.8 Å². The fourth-order valence-corrected chi connectivity index (χ4v) is 6.57. The number of nitrogens with one attached hydrogen (secondary N) is 3. The number of piperidine rings is 1. The zero-order chi connectivity index (χ0) is 27.6. The number of aromatic amines is 1. The van der Waals surface area contributed by atoms with Crippen LogP contribution in [0.25, 0.3) is 11.0 Å². The molecule has 9 nitrogen and oxygen atoms in total. The molecule has 0 bridgehead atoms. The zero-order valence-corrected chi connectivity index (χ0v) is 23.9. The number of halogens is 1. The van der Waals surface area contributed by atoms with Gasteiger partial charge in [-0.1, -0.05) is 12.1 Å². The van der Waals surface area contributed by atoms with E-state index in [1.54, 1.807) is 14.2 Å². The predicted octanol–water partition coefficient (Wildman–Crippen LogP) is 5.88. The molecule has 4 aromatic rings. The number of fused-ring (bicyclic) bond motifs is 1. The molecule has 2 aromatic carbocycles. The van der Waals surface area contributed by atoms with Gasteiger partial charge in [0.15, 0.2) is 0 Å². The first-order valence-corrected chi connectivity index (χ1v) is 14.8. The van der Waals surface area contributed by atoms with Gasteiger partial charge in [0.25, 0.3) is 0 Å². The van der Waals surface area contributed by atoms with E-state index in [9.17, 15) is 0 Å². The zero-order valence-electron chi connectivity index (χ0n) is 23.0. The maximum absolute atomic E-state index is 15.3. The summed E-state index contributed by atoms with van der Waals surface area (Å²) in [6.45, 7) is 1.73. The van der Waals surface area contributed by atoms with Gasteiger partial charge in [-0.3, -0.25) is 0 Å². The van der Waals surface area contributed by atoms with Crippen LogP contribution in [-0.2, 0) is 9.05 Å². The van der Waals surface area contributed by atoms with Crippen molar-refractivity contribution in [2.75, 3.05) is 49.9 Å². The normalized spacial score (nSPS) is 16.3. The summed E-state index contributed by atoms with van der Waals surface area (Å²) in [7, 11) is 4.25. The van der Waals surface area contributed by atoms with Crippen molar-refractivity contribution >= 4 is 53.5 Å². The highest BCUT2D eigenvalue weighted by atomic mass is 31.2. The number of H-pyrrole nitrogens is 1.